The zero-order valence-corrected chi connectivity index (χ0v) is 42.6. The lowest BCUT2D eigenvalue weighted by Crippen LogP contribution is -2.50. The van der Waals surface area contributed by atoms with Crippen LogP contribution in [0.1, 0.15) is 51.3 Å². The van der Waals surface area contributed by atoms with Crippen LogP contribution in [-0.4, -0.2) is 214 Å². The smallest absolute Gasteiger partial charge is 0.305 e. The molecule has 24 nitrogen and oxygen atoms in total. The summed E-state index contributed by atoms with van der Waals surface area (Å²) in [4.78, 5) is 45.3. The number of nitrogens with one attached hydrogen (secondary N) is 2. The first-order chi connectivity index (χ1) is 35.0. The van der Waals surface area contributed by atoms with Gasteiger partial charge >= 0.3 is 5.97 Å². The van der Waals surface area contributed by atoms with Gasteiger partial charge in [-0.25, -0.2) is 9.97 Å². The van der Waals surface area contributed by atoms with Gasteiger partial charge in [0, 0.05) is 31.3 Å². The molecule has 2 heterocycles. The van der Waals surface area contributed by atoms with Gasteiger partial charge in [-0.15, -0.1) is 0 Å². The van der Waals surface area contributed by atoms with Crippen LogP contribution >= 0.6 is 0 Å². The lowest BCUT2D eigenvalue weighted by molar-refractivity contribution is -0.138. The molecular weight excluding hydrogens is 969 g/mol. The summed E-state index contributed by atoms with van der Waals surface area (Å²) in [5, 5.41) is 14.5. The molecule has 1 atom stereocenters. The number of unbranched alkanes of at least 4 members (excludes halogenated alkanes) is 2. The van der Waals surface area contributed by atoms with Gasteiger partial charge in [-0.1, -0.05) is 31.5 Å². The highest BCUT2D eigenvalue weighted by molar-refractivity contribution is 7.85. The monoisotopic (exact) mass is 1050 g/mol. The molecule has 6 N–H and O–H groups in total. The van der Waals surface area contributed by atoms with E-state index in [0.717, 1.165) is 41.5 Å². The van der Waals surface area contributed by atoms with Gasteiger partial charge in [0.1, 0.15) is 23.1 Å². The quantitative estimate of drug-likeness (QED) is 0.0398. The van der Waals surface area contributed by atoms with Crippen LogP contribution in [0.25, 0.3) is 21.9 Å². The van der Waals surface area contributed by atoms with Crippen molar-refractivity contribution >= 4 is 55.7 Å². The molecule has 0 aliphatic rings. The molecule has 3 rings (SSSR count). The van der Waals surface area contributed by atoms with E-state index in [1.165, 1.54) is 0 Å². The van der Waals surface area contributed by atoms with Crippen molar-refractivity contribution < 1.29 is 84.6 Å². The van der Waals surface area contributed by atoms with Crippen LogP contribution in [0, 0.1) is 0 Å². The topological polar surface area (TPSA) is 308 Å². The van der Waals surface area contributed by atoms with E-state index in [2.05, 4.69) is 27.1 Å². The number of anilines is 1. The third-order valence-corrected chi connectivity index (χ3v) is 11.0. The van der Waals surface area contributed by atoms with Crippen molar-refractivity contribution in [1.29, 1.82) is 0 Å². The number of ether oxygens (including phenoxy) is 11. The summed E-state index contributed by atoms with van der Waals surface area (Å²) in [5.74, 6) is -1.93. The normalized spacial score (nSPS) is 12.2. The molecule has 2 aromatic heterocycles. The third-order valence-electron chi connectivity index (χ3n) is 10.2. The number of nitrogen functional groups attached to an aromatic ring is 1. The molecule has 0 radical (unpaired) electrons. The minimum absolute atomic E-state index is 0.00401. The Morgan fingerprint density at radius 1 is 0.639 bits per heavy atom. The van der Waals surface area contributed by atoms with Crippen molar-refractivity contribution in [3.05, 3.63) is 30.1 Å². The van der Waals surface area contributed by atoms with Crippen LogP contribution in [0.15, 0.2) is 24.3 Å². The number of aryl methyl sites for hydroxylation is 2. The molecule has 0 spiro atoms. The molecule has 0 saturated heterocycles. The molecule has 72 heavy (non-hydrogen) atoms. The van der Waals surface area contributed by atoms with Crippen molar-refractivity contribution in [1.82, 2.24) is 25.2 Å². The second kappa shape index (κ2) is 39.3. The summed E-state index contributed by atoms with van der Waals surface area (Å²) < 4.78 is 94.7. The number of carbonyl (C=O) groups is 3. The highest BCUT2D eigenvalue weighted by Crippen LogP contribution is 2.29. The molecule has 1 unspecified atom stereocenters. The number of nitrogens with zero attached hydrogens (tertiary/aromatic N) is 3. The molecular formula is C47H78N6O18S. The molecule has 3 aromatic rings. The van der Waals surface area contributed by atoms with Gasteiger partial charge in [0.2, 0.25) is 11.8 Å². The number of imidazole rings is 1. The van der Waals surface area contributed by atoms with Gasteiger partial charge in [-0.3, -0.25) is 18.9 Å². The van der Waals surface area contributed by atoms with Gasteiger partial charge in [0.05, 0.1) is 163 Å². The van der Waals surface area contributed by atoms with Crippen molar-refractivity contribution in [3.8, 4) is 0 Å². The third kappa shape index (κ3) is 28.9. The SMILES string of the molecule is CCCCc1nc2c(N)nc3ccccc3c2n1CCCCNC(=O)C(CS(=O)(=O)O)NC(=O)CCOCCOCCOCCOCCOCCOCCOCCOCCOCCOCCOCCC(=O)O. The molecule has 0 aliphatic carbocycles. The van der Waals surface area contributed by atoms with E-state index in [1.54, 1.807) is 0 Å². The summed E-state index contributed by atoms with van der Waals surface area (Å²) in [6.07, 6.45) is 3.77. The Balaban J connectivity index is 1.09. The summed E-state index contributed by atoms with van der Waals surface area (Å²) in [5.41, 5.74) is 8.66. The molecule has 2 amide bonds. The number of aliphatic carboxylic acids is 1. The number of rotatable bonds is 48. The predicted octanol–water partition coefficient (Wildman–Crippen LogP) is 1.83. The van der Waals surface area contributed by atoms with Crippen molar-refractivity contribution in [2.75, 3.05) is 163 Å². The molecule has 410 valence electrons. The summed E-state index contributed by atoms with van der Waals surface area (Å²) in [6.45, 7) is 11.0. The molecule has 25 heteroatoms. The zero-order valence-electron chi connectivity index (χ0n) is 41.8. The number of para-hydroxylation sites is 1. The molecule has 1 aromatic carbocycles. The Hall–Kier alpha value is -4.22. The fourth-order valence-corrected chi connectivity index (χ4v) is 7.34. The fraction of sp³-hybridized carbons (Fsp3) is 0.723. The maximum absolute atomic E-state index is 13.0. The van der Waals surface area contributed by atoms with E-state index in [-0.39, 0.29) is 45.8 Å². The highest BCUT2D eigenvalue weighted by Gasteiger charge is 2.26. The van der Waals surface area contributed by atoms with E-state index < -0.39 is 39.7 Å². The number of hydrogen-bond donors (Lipinski definition) is 5. The lowest BCUT2D eigenvalue weighted by Gasteiger charge is -2.17. The Morgan fingerprint density at radius 2 is 1.08 bits per heavy atom. The maximum Gasteiger partial charge on any atom is 0.305 e. The molecule has 0 aliphatic heterocycles. The number of fused-ring (bicyclic) bond motifs is 3. The van der Waals surface area contributed by atoms with Crippen molar-refractivity contribution in [2.45, 2.75) is 64.5 Å². The number of amides is 2. The lowest BCUT2D eigenvalue weighted by atomic mass is 10.1. The second-order valence-corrected chi connectivity index (χ2v) is 17.5. The number of nitrogens with two attached hydrogens (primary N) is 1. The number of carbonyl (C=O) groups excluding carboxylic acids is 2. The molecule has 0 bridgehead atoms. The van der Waals surface area contributed by atoms with E-state index in [4.69, 9.17) is 67.9 Å². The van der Waals surface area contributed by atoms with Gasteiger partial charge in [0.15, 0.2) is 5.82 Å². The van der Waals surface area contributed by atoms with Crippen molar-refractivity contribution in [2.24, 2.45) is 0 Å². The maximum atomic E-state index is 13.0. The first kappa shape index (κ1) is 62.1. The largest absolute Gasteiger partial charge is 0.481 e. The second-order valence-electron chi connectivity index (χ2n) is 16.0. The van der Waals surface area contributed by atoms with Crippen LogP contribution in [0.3, 0.4) is 0 Å². The Kier molecular flexibility index (Phi) is 33.9. The van der Waals surface area contributed by atoms with Crippen LogP contribution in [0.2, 0.25) is 0 Å². The average molecular weight is 1050 g/mol. The predicted molar refractivity (Wildman–Crippen MR) is 265 cm³/mol. The van der Waals surface area contributed by atoms with Crippen LogP contribution < -0.4 is 16.4 Å². The molecule has 0 fully saturated rings. The average Bonchev–Trinajstić information content (AvgIpc) is 3.72. The summed E-state index contributed by atoms with van der Waals surface area (Å²) in [6, 6.07) is 6.27. The first-order valence-corrected chi connectivity index (χ1v) is 26.2. The standard InChI is InChI=1S/C47H78N6O18S/c1-2-3-10-41-52-44-45(38-8-4-5-9-39(38)51-46(44)48)53(41)14-7-6-13-49-47(57)40(37-72(58,59)60)50-42(54)11-15-61-17-19-63-21-23-65-25-27-67-29-31-69-33-35-71-36-34-70-32-30-68-28-26-66-24-22-64-20-18-62-16-12-43(55)56/h4-5,8-9,40H,2-3,6-7,10-37H2,1H3,(H2,48,51)(H,49,57)(H,50,54)(H,55,56)(H,58,59,60). The van der Waals surface area contributed by atoms with Gasteiger partial charge in [-0.2, -0.15) is 8.42 Å². The van der Waals surface area contributed by atoms with E-state index in [1.807, 2.05) is 24.3 Å². The number of carboxylic acids is 1. The molecule has 0 saturated carbocycles. The first-order valence-electron chi connectivity index (χ1n) is 24.6. The zero-order chi connectivity index (χ0) is 51.9. The Labute approximate surface area is 422 Å². The van der Waals surface area contributed by atoms with Crippen LogP contribution in [-0.2, 0) is 89.6 Å². The minimum atomic E-state index is -4.59. The number of aromatic nitrogens is 3. The number of carboxylic acid groups (broad SMARTS) is 1. The van der Waals surface area contributed by atoms with Gasteiger partial charge in [0.25, 0.3) is 10.1 Å². The van der Waals surface area contributed by atoms with Gasteiger partial charge < -0.3 is 78.1 Å². The van der Waals surface area contributed by atoms with E-state index >= 15 is 0 Å². The Morgan fingerprint density at radius 3 is 1.53 bits per heavy atom. The van der Waals surface area contributed by atoms with Crippen LogP contribution in [0.5, 0.6) is 0 Å². The summed E-state index contributed by atoms with van der Waals surface area (Å²) >= 11 is 0. The van der Waals surface area contributed by atoms with Crippen molar-refractivity contribution in [3.63, 3.8) is 0 Å². The number of pyridine rings is 1. The van der Waals surface area contributed by atoms with E-state index in [9.17, 15) is 27.4 Å². The highest BCUT2D eigenvalue weighted by atomic mass is 32.2. The fourth-order valence-electron chi connectivity index (χ4n) is 6.69. The van der Waals surface area contributed by atoms with Gasteiger partial charge in [-0.05, 0) is 25.3 Å². The van der Waals surface area contributed by atoms with Crippen LogP contribution in [0.4, 0.5) is 5.82 Å². The minimum Gasteiger partial charge on any atom is -0.481 e. The van der Waals surface area contributed by atoms with E-state index in [0.29, 0.717) is 150 Å². The number of benzene rings is 1. The summed E-state index contributed by atoms with van der Waals surface area (Å²) in [7, 11) is -4.59. The number of hydrogen-bond acceptors (Lipinski definition) is 19. The Bertz CT molecular complexity index is 2050.